The van der Waals surface area contributed by atoms with Crippen molar-refractivity contribution < 1.29 is 26.9 Å². The first-order valence-electron chi connectivity index (χ1n) is 8.13. The fourth-order valence-corrected chi connectivity index (χ4v) is 3.26. The van der Waals surface area contributed by atoms with Crippen molar-refractivity contribution in [2.45, 2.75) is 31.3 Å². The number of hydrogen-bond donors (Lipinski definition) is 0. The van der Waals surface area contributed by atoms with Crippen LogP contribution in [0.25, 0.3) is 0 Å². The van der Waals surface area contributed by atoms with Crippen LogP contribution in [0.2, 0.25) is 0 Å². The molecule has 0 aromatic heterocycles. The predicted molar refractivity (Wildman–Crippen MR) is 96.8 cm³/mol. The van der Waals surface area contributed by atoms with E-state index in [9.17, 15) is 13.2 Å². The summed E-state index contributed by atoms with van der Waals surface area (Å²) < 4.78 is 39.7. The van der Waals surface area contributed by atoms with Gasteiger partial charge < -0.3 is 9.47 Å². The van der Waals surface area contributed by atoms with Crippen LogP contribution in [0.15, 0.2) is 53.4 Å². The van der Waals surface area contributed by atoms with Gasteiger partial charge >= 0.3 is 5.97 Å². The fraction of sp³-hybridized carbons (Fsp3) is 0.316. The van der Waals surface area contributed by atoms with E-state index >= 15 is 0 Å². The van der Waals surface area contributed by atoms with Crippen LogP contribution in [-0.2, 0) is 19.0 Å². The molecule has 2 rings (SSSR count). The van der Waals surface area contributed by atoms with Crippen molar-refractivity contribution in [3.05, 3.63) is 59.7 Å². The average molecular weight is 378 g/mol. The van der Waals surface area contributed by atoms with Gasteiger partial charge in [-0.25, -0.2) is 4.79 Å². The molecule has 0 saturated carbocycles. The second-order valence-electron chi connectivity index (χ2n) is 5.83. The molecule has 26 heavy (non-hydrogen) atoms. The van der Waals surface area contributed by atoms with Crippen molar-refractivity contribution in [2.75, 3.05) is 13.7 Å². The van der Waals surface area contributed by atoms with Gasteiger partial charge in [-0.2, -0.15) is 8.42 Å². The van der Waals surface area contributed by atoms with Gasteiger partial charge in [0.15, 0.2) is 0 Å². The van der Waals surface area contributed by atoms with E-state index in [0.717, 1.165) is 5.56 Å². The molecule has 0 N–H and O–H groups in total. The van der Waals surface area contributed by atoms with Crippen LogP contribution in [0.3, 0.4) is 0 Å². The van der Waals surface area contributed by atoms with E-state index < -0.39 is 22.2 Å². The minimum atomic E-state index is -3.84. The van der Waals surface area contributed by atoms with Crippen molar-refractivity contribution >= 4 is 16.1 Å². The fourth-order valence-electron chi connectivity index (χ4n) is 2.15. The zero-order valence-electron chi connectivity index (χ0n) is 15.0. The Hall–Kier alpha value is -2.38. The Balaban J connectivity index is 1.83. The number of hydrogen-bond acceptors (Lipinski definition) is 6. The maximum absolute atomic E-state index is 12.2. The van der Waals surface area contributed by atoms with Crippen molar-refractivity contribution in [3.63, 3.8) is 0 Å². The van der Waals surface area contributed by atoms with Crippen LogP contribution < -0.4 is 4.74 Å². The third kappa shape index (κ3) is 5.57. The Kier molecular flexibility index (Phi) is 6.76. The maximum Gasteiger partial charge on any atom is 0.338 e. The number of carbonyl (C=O) groups is 1. The summed E-state index contributed by atoms with van der Waals surface area (Å²) in [5, 5.41) is 0. The number of rotatable bonds is 8. The molecule has 1 atom stereocenters. The molecule has 0 aliphatic heterocycles. The molecule has 6 nitrogen and oxygen atoms in total. The van der Waals surface area contributed by atoms with Crippen LogP contribution in [0, 0.1) is 6.92 Å². The molecule has 0 bridgehead atoms. The highest BCUT2D eigenvalue weighted by Crippen LogP contribution is 2.17. The van der Waals surface area contributed by atoms with Gasteiger partial charge in [0.1, 0.15) is 5.75 Å². The lowest BCUT2D eigenvalue weighted by atomic mass is 10.2. The largest absolute Gasteiger partial charge is 0.497 e. The molecule has 7 heteroatoms. The Labute approximate surface area is 153 Å². The Bertz CT molecular complexity index is 825. The van der Waals surface area contributed by atoms with Gasteiger partial charge in [0.05, 0.1) is 30.3 Å². The maximum atomic E-state index is 12.2. The van der Waals surface area contributed by atoms with E-state index in [1.807, 2.05) is 6.92 Å². The SMILES string of the molecule is COc1ccc(C(=O)OCCC(C)OS(=O)(=O)c2ccc(C)cc2)cc1. The molecular formula is C19H22O6S. The minimum absolute atomic E-state index is 0.0510. The third-order valence-corrected chi connectivity index (χ3v) is 5.12. The zero-order chi connectivity index (χ0) is 19.2. The summed E-state index contributed by atoms with van der Waals surface area (Å²) in [6, 6.07) is 12.9. The molecule has 140 valence electrons. The van der Waals surface area contributed by atoms with Gasteiger partial charge in [-0.1, -0.05) is 17.7 Å². The number of esters is 1. The Morgan fingerprint density at radius 1 is 1.04 bits per heavy atom. The lowest BCUT2D eigenvalue weighted by Crippen LogP contribution is -2.18. The van der Waals surface area contributed by atoms with E-state index in [2.05, 4.69) is 0 Å². The monoisotopic (exact) mass is 378 g/mol. The van der Waals surface area contributed by atoms with E-state index in [-0.39, 0.29) is 17.9 Å². The molecule has 0 amide bonds. The molecule has 1 unspecified atom stereocenters. The highest BCUT2D eigenvalue weighted by atomic mass is 32.2. The molecule has 0 heterocycles. The number of benzene rings is 2. The zero-order valence-corrected chi connectivity index (χ0v) is 15.8. The van der Waals surface area contributed by atoms with Gasteiger partial charge in [-0.05, 0) is 50.2 Å². The summed E-state index contributed by atoms with van der Waals surface area (Å²) in [5.41, 5.74) is 1.36. The van der Waals surface area contributed by atoms with E-state index in [1.54, 1.807) is 50.4 Å². The highest BCUT2D eigenvalue weighted by molar-refractivity contribution is 7.86. The summed E-state index contributed by atoms with van der Waals surface area (Å²) in [7, 11) is -2.30. The number of carbonyl (C=O) groups excluding carboxylic acids is 1. The first-order valence-corrected chi connectivity index (χ1v) is 9.54. The molecule has 0 radical (unpaired) electrons. The number of aryl methyl sites for hydroxylation is 1. The second kappa shape index (κ2) is 8.82. The highest BCUT2D eigenvalue weighted by Gasteiger charge is 2.19. The van der Waals surface area contributed by atoms with Crippen LogP contribution in [-0.4, -0.2) is 34.2 Å². The smallest absolute Gasteiger partial charge is 0.338 e. The minimum Gasteiger partial charge on any atom is -0.497 e. The predicted octanol–water partition coefficient (Wildman–Crippen LogP) is 3.34. The summed E-state index contributed by atoms with van der Waals surface area (Å²) in [5.74, 6) is 0.158. The standard InChI is InChI=1S/C19H22O6S/c1-14-4-10-18(11-5-14)26(21,22)25-15(2)12-13-24-19(20)16-6-8-17(23-3)9-7-16/h4-11,15H,12-13H2,1-3H3. The van der Waals surface area contributed by atoms with Gasteiger partial charge in [0.25, 0.3) is 10.1 Å². The van der Waals surface area contributed by atoms with Gasteiger partial charge in [-0.3, -0.25) is 4.18 Å². The molecule has 0 aliphatic rings. The van der Waals surface area contributed by atoms with Crippen LogP contribution >= 0.6 is 0 Å². The topological polar surface area (TPSA) is 78.9 Å². The van der Waals surface area contributed by atoms with Gasteiger partial charge in [-0.15, -0.1) is 0 Å². The van der Waals surface area contributed by atoms with Gasteiger partial charge in [0.2, 0.25) is 0 Å². The van der Waals surface area contributed by atoms with Crippen LogP contribution in [0.5, 0.6) is 5.75 Å². The normalized spacial score (nSPS) is 12.4. The quantitative estimate of drug-likeness (QED) is 0.518. The molecule has 2 aromatic carbocycles. The van der Waals surface area contributed by atoms with Crippen LogP contribution in [0.4, 0.5) is 0 Å². The Morgan fingerprint density at radius 2 is 1.65 bits per heavy atom. The number of ether oxygens (including phenoxy) is 2. The molecule has 0 aliphatic carbocycles. The van der Waals surface area contributed by atoms with Gasteiger partial charge in [0, 0.05) is 6.42 Å². The first kappa shape index (κ1) is 19.9. The summed E-state index contributed by atoms with van der Waals surface area (Å²) in [6.07, 6.45) is -0.363. The second-order valence-corrected chi connectivity index (χ2v) is 7.40. The average Bonchev–Trinajstić information content (AvgIpc) is 2.61. The molecule has 0 spiro atoms. The molecule has 0 saturated heterocycles. The van der Waals surface area contributed by atoms with Crippen LogP contribution in [0.1, 0.15) is 29.3 Å². The van der Waals surface area contributed by atoms with Crippen molar-refractivity contribution in [2.24, 2.45) is 0 Å². The van der Waals surface area contributed by atoms with Crippen molar-refractivity contribution in [3.8, 4) is 5.75 Å². The first-order chi connectivity index (χ1) is 12.3. The van der Waals surface area contributed by atoms with E-state index in [4.69, 9.17) is 13.7 Å². The van der Waals surface area contributed by atoms with E-state index in [1.165, 1.54) is 12.1 Å². The lowest BCUT2D eigenvalue weighted by Gasteiger charge is -2.13. The van der Waals surface area contributed by atoms with E-state index in [0.29, 0.717) is 11.3 Å². The molecular weight excluding hydrogens is 356 g/mol. The summed E-state index contributed by atoms with van der Waals surface area (Å²) in [6.45, 7) is 3.54. The summed E-state index contributed by atoms with van der Waals surface area (Å²) >= 11 is 0. The third-order valence-electron chi connectivity index (χ3n) is 3.68. The van der Waals surface area contributed by atoms with Crippen molar-refractivity contribution in [1.82, 2.24) is 0 Å². The lowest BCUT2D eigenvalue weighted by molar-refractivity contribution is 0.0460. The molecule has 2 aromatic rings. The summed E-state index contributed by atoms with van der Waals surface area (Å²) in [4.78, 5) is 12.0. The van der Waals surface area contributed by atoms with Crippen molar-refractivity contribution in [1.29, 1.82) is 0 Å². The molecule has 0 fully saturated rings. The number of methoxy groups -OCH3 is 1. The Morgan fingerprint density at radius 3 is 2.23 bits per heavy atom.